The fourth-order valence-electron chi connectivity index (χ4n) is 12.3. The van der Waals surface area contributed by atoms with Crippen molar-refractivity contribution < 1.29 is 4.74 Å². The van der Waals surface area contributed by atoms with Crippen LogP contribution in [0.3, 0.4) is 0 Å². The minimum Gasteiger partial charge on any atom is -0.376 e. The molecule has 5 fully saturated rings. The van der Waals surface area contributed by atoms with Gasteiger partial charge in [0, 0.05) is 14.7 Å². The molecule has 9 atom stereocenters. The van der Waals surface area contributed by atoms with E-state index in [9.17, 15) is 0 Å². The van der Waals surface area contributed by atoms with E-state index in [1.807, 2.05) is 0 Å². The van der Waals surface area contributed by atoms with Gasteiger partial charge in [0.25, 0.3) is 0 Å². The maximum Gasteiger partial charge on any atom is 0.0598 e. The van der Waals surface area contributed by atoms with Crippen molar-refractivity contribution in [3.8, 4) is 0 Å². The summed E-state index contributed by atoms with van der Waals surface area (Å²) < 4.78 is 6.08. The largest absolute Gasteiger partial charge is 0.376 e. The number of hydrogen-bond acceptors (Lipinski definition) is 1. The number of ether oxygens (including phenoxy) is 1. The average molecular weight is 587 g/mol. The van der Waals surface area contributed by atoms with Gasteiger partial charge in [-0.2, -0.15) is 0 Å². The molecule has 0 aromatic carbocycles. The first-order valence-corrected chi connectivity index (χ1v) is 25.2. The van der Waals surface area contributed by atoms with Gasteiger partial charge in [-0.25, -0.2) is 0 Å². The van der Waals surface area contributed by atoms with E-state index in [0.29, 0.717) is 0 Å². The lowest BCUT2D eigenvalue weighted by Gasteiger charge is -2.49. The monoisotopic (exact) mass is 586 g/mol. The highest BCUT2D eigenvalue weighted by molar-refractivity contribution is 6.81. The maximum atomic E-state index is 6.08. The molecular weight excluding hydrogens is 517 g/mol. The molecule has 3 heteroatoms. The highest BCUT2D eigenvalue weighted by Gasteiger charge is 2.62. The zero-order valence-electron chi connectivity index (χ0n) is 28.2. The van der Waals surface area contributed by atoms with Crippen molar-refractivity contribution in [3.63, 3.8) is 0 Å². The fraction of sp³-hybridized carbons (Fsp3) is 1.00. The fourth-order valence-corrected chi connectivity index (χ4v) is 21.6. The zero-order chi connectivity index (χ0) is 28.5. The van der Waals surface area contributed by atoms with Crippen molar-refractivity contribution in [2.45, 2.75) is 185 Å². The minimum absolute atomic E-state index is 0.0203. The number of hydrogen-bond donors (Lipinski definition) is 0. The van der Waals surface area contributed by atoms with E-state index in [0.717, 1.165) is 53.6 Å². The zero-order valence-corrected chi connectivity index (χ0v) is 30.2. The molecule has 0 radical (unpaired) electrons. The van der Waals surface area contributed by atoms with Gasteiger partial charge < -0.3 is 4.74 Å². The molecule has 0 amide bonds. The predicted octanol–water partition coefficient (Wildman–Crippen LogP) is 12.0. The van der Waals surface area contributed by atoms with Crippen LogP contribution in [0.5, 0.6) is 0 Å². The summed E-state index contributed by atoms with van der Waals surface area (Å²) in [4.78, 5) is 0. The summed E-state index contributed by atoms with van der Waals surface area (Å²) in [5.41, 5.74) is 2.37. The van der Waals surface area contributed by atoms with Crippen LogP contribution in [0.1, 0.15) is 130 Å². The van der Waals surface area contributed by atoms with Crippen LogP contribution in [-0.4, -0.2) is 28.4 Å². The highest BCUT2D eigenvalue weighted by atomic mass is 28.3. The summed E-state index contributed by atoms with van der Waals surface area (Å²) in [7, 11) is -2.47. The Morgan fingerprint density at radius 3 is 1.65 bits per heavy atom. The van der Waals surface area contributed by atoms with Crippen molar-refractivity contribution in [2.24, 2.45) is 41.4 Å². The molecule has 0 aromatic rings. The number of rotatable bonds is 11. The molecule has 40 heavy (non-hydrogen) atoms. The summed E-state index contributed by atoms with van der Waals surface area (Å²) in [5, 5.41) is 0. The van der Waals surface area contributed by atoms with E-state index in [-0.39, 0.29) is 5.60 Å². The van der Waals surface area contributed by atoms with E-state index in [1.54, 1.807) is 95.6 Å². The maximum absolute atomic E-state index is 6.08. The molecule has 0 aromatic heterocycles. The van der Waals surface area contributed by atoms with Crippen LogP contribution < -0.4 is 0 Å². The van der Waals surface area contributed by atoms with Gasteiger partial charge >= 0.3 is 0 Å². The van der Waals surface area contributed by atoms with E-state index < -0.39 is 16.1 Å². The second kappa shape index (κ2) is 13.2. The van der Waals surface area contributed by atoms with Crippen LogP contribution in [0.4, 0.5) is 0 Å². The average Bonchev–Trinajstić information content (AvgIpc) is 3.43. The van der Waals surface area contributed by atoms with Gasteiger partial charge in [0.05, 0.1) is 13.7 Å². The number of fused-ring (bicyclic) bond motifs is 4. The molecule has 0 heterocycles. The first-order valence-electron chi connectivity index (χ1n) is 18.6. The third-order valence-electron chi connectivity index (χ3n) is 13.4. The van der Waals surface area contributed by atoms with Gasteiger partial charge in [-0.15, -0.1) is 0 Å². The molecule has 0 aliphatic heterocycles. The summed E-state index contributed by atoms with van der Waals surface area (Å²) in [5.74, 6) is 7.86. The van der Waals surface area contributed by atoms with Gasteiger partial charge in [0.1, 0.15) is 0 Å². The van der Waals surface area contributed by atoms with Crippen LogP contribution in [-0.2, 0) is 4.74 Å². The Bertz CT molecular complexity index is 775. The SMILES string of the molecule is CC(C)(C)OCCCCCC[Si@](C)(C1CC(C[Si](C)(C)C)C2CCCCC21)C1C2CCCCC2C2CCCCC21. The number of unbranched alkanes of at least 4 members (excludes halogenated alkanes) is 3. The van der Waals surface area contributed by atoms with Crippen molar-refractivity contribution in [1.82, 2.24) is 0 Å². The molecule has 0 bridgehead atoms. The molecule has 232 valence electrons. The lowest BCUT2D eigenvalue weighted by Crippen LogP contribution is -2.48. The van der Waals surface area contributed by atoms with E-state index >= 15 is 0 Å². The Hall–Kier alpha value is 0.394. The standard InChI is InChI=1S/C37H70OSi2/c1-37(2,3)38-24-16-8-9-17-25-40(7,35-26-28(27-39(4,5)6)29-18-10-13-21-32(29)35)36-33-22-14-11-19-30(33)31-20-12-15-23-34(31)36/h28-36H,8-27H2,1-7H3/t28?,29?,30?,31?,32?,33?,34?,35?,36?,40-/m1/s1. The Balaban J connectivity index is 1.38. The lowest BCUT2D eigenvalue weighted by atomic mass is 9.73. The van der Waals surface area contributed by atoms with Gasteiger partial charge in [-0.1, -0.05) is 115 Å². The minimum atomic E-state index is -1.44. The third-order valence-corrected chi connectivity index (χ3v) is 21.3. The molecule has 5 aliphatic carbocycles. The molecule has 0 N–H and O–H groups in total. The van der Waals surface area contributed by atoms with Crippen molar-refractivity contribution in [3.05, 3.63) is 0 Å². The van der Waals surface area contributed by atoms with Crippen LogP contribution >= 0.6 is 0 Å². The molecule has 5 saturated carbocycles. The predicted molar refractivity (Wildman–Crippen MR) is 181 cm³/mol. The molecule has 0 saturated heterocycles. The first kappa shape index (κ1) is 31.8. The van der Waals surface area contributed by atoms with Crippen LogP contribution in [0.2, 0.25) is 49.4 Å². The van der Waals surface area contributed by atoms with Gasteiger partial charge in [-0.05, 0) is 105 Å². The first-order chi connectivity index (χ1) is 19.0. The second-order valence-electron chi connectivity index (χ2n) is 18.4. The highest BCUT2D eigenvalue weighted by Crippen LogP contribution is 2.69. The topological polar surface area (TPSA) is 9.23 Å². The van der Waals surface area contributed by atoms with Crippen molar-refractivity contribution in [2.75, 3.05) is 6.61 Å². The summed E-state index contributed by atoms with van der Waals surface area (Å²) in [6, 6.07) is 3.31. The summed E-state index contributed by atoms with van der Waals surface area (Å²) >= 11 is 0. The van der Waals surface area contributed by atoms with Crippen LogP contribution in [0.25, 0.3) is 0 Å². The van der Waals surface area contributed by atoms with Crippen molar-refractivity contribution >= 4 is 16.1 Å². The summed E-state index contributed by atoms with van der Waals surface area (Å²) in [6.45, 7) is 18.7. The molecular formula is C37H70OSi2. The summed E-state index contributed by atoms with van der Waals surface area (Å²) in [6.07, 6.45) is 26.3. The van der Waals surface area contributed by atoms with E-state index in [4.69, 9.17) is 4.74 Å². The van der Waals surface area contributed by atoms with Gasteiger partial charge in [-0.3, -0.25) is 0 Å². The molecule has 1 nitrogen and oxygen atoms in total. The molecule has 5 rings (SSSR count). The van der Waals surface area contributed by atoms with Crippen molar-refractivity contribution in [1.29, 1.82) is 0 Å². The lowest BCUT2D eigenvalue weighted by molar-refractivity contribution is -0.00471. The molecule has 5 aliphatic rings. The molecule has 0 spiro atoms. The van der Waals surface area contributed by atoms with Crippen LogP contribution in [0.15, 0.2) is 0 Å². The Morgan fingerprint density at radius 1 is 0.600 bits per heavy atom. The third kappa shape index (κ3) is 7.19. The van der Waals surface area contributed by atoms with Crippen LogP contribution in [0, 0.1) is 41.4 Å². The van der Waals surface area contributed by atoms with Gasteiger partial charge in [0.2, 0.25) is 0 Å². The smallest absolute Gasteiger partial charge is 0.0598 e. The molecule has 8 unspecified atom stereocenters. The Morgan fingerprint density at radius 2 is 1.10 bits per heavy atom. The van der Waals surface area contributed by atoms with E-state index in [2.05, 4.69) is 47.0 Å². The van der Waals surface area contributed by atoms with E-state index in [1.165, 1.54) is 31.2 Å². The van der Waals surface area contributed by atoms with Gasteiger partial charge in [0.15, 0.2) is 0 Å². The second-order valence-corrected chi connectivity index (χ2v) is 28.8. The quantitative estimate of drug-likeness (QED) is 0.173. The Kier molecular flexibility index (Phi) is 10.5. The normalized spacial score (nSPS) is 39.8. The Labute approximate surface area is 253 Å².